The molecule has 1 aromatic rings. The number of hydrogen-bond acceptors (Lipinski definition) is 4. The highest BCUT2D eigenvalue weighted by molar-refractivity contribution is 6.33. The predicted molar refractivity (Wildman–Crippen MR) is 106 cm³/mol. The van der Waals surface area contributed by atoms with E-state index in [0.29, 0.717) is 29.7 Å². The Morgan fingerprint density at radius 1 is 1.30 bits per heavy atom. The van der Waals surface area contributed by atoms with E-state index >= 15 is 0 Å². The highest BCUT2D eigenvalue weighted by atomic mass is 35.5. The maximum atomic E-state index is 12.7. The molecule has 0 bridgehead atoms. The second-order valence-electron chi connectivity index (χ2n) is 7.56. The molecule has 2 atom stereocenters. The summed E-state index contributed by atoms with van der Waals surface area (Å²) in [6.45, 7) is 8.56. The summed E-state index contributed by atoms with van der Waals surface area (Å²) >= 11 is 6.21. The highest BCUT2D eigenvalue weighted by Gasteiger charge is 2.36. The lowest BCUT2D eigenvalue weighted by molar-refractivity contribution is -0.126. The van der Waals surface area contributed by atoms with Crippen LogP contribution in [0.5, 0.6) is 0 Å². The zero-order valence-electron chi connectivity index (χ0n) is 16.0. The molecular formula is C20H28ClN3O3. The Kier molecular flexibility index (Phi) is 6.73. The average molecular weight is 394 g/mol. The van der Waals surface area contributed by atoms with E-state index in [4.69, 9.17) is 16.3 Å². The van der Waals surface area contributed by atoms with Crippen LogP contribution >= 0.6 is 11.6 Å². The third-order valence-corrected chi connectivity index (χ3v) is 5.73. The van der Waals surface area contributed by atoms with Gasteiger partial charge >= 0.3 is 0 Å². The molecule has 27 heavy (non-hydrogen) atoms. The van der Waals surface area contributed by atoms with E-state index < -0.39 is 0 Å². The summed E-state index contributed by atoms with van der Waals surface area (Å²) in [6.07, 6.45) is 0.223. The number of halogens is 1. The lowest BCUT2D eigenvalue weighted by Crippen LogP contribution is -2.51. The van der Waals surface area contributed by atoms with E-state index in [1.165, 1.54) is 0 Å². The minimum Gasteiger partial charge on any atom is -0.379 e. The minimum atomic E-state index is -0.341. The molecule has 6 nitrogen and oxygen atoms in total. The van der Waals surface area contributed by atoms with Crippen molar-refractivity contribution in [3.05, 3.63) is 29.3 Å². The number of rotatable bonds is 6. The molecule has 2 amide bonds. The number of carbonyl (C=O) groups excluding carboxylic acids is 2. The number of para-hydroxylation sites is 1. The quantitative estimate of drug-likeness (QED) is 0.804. The van der Waals surface area contributed by atoms with Gasteiger partial charge in [-0.3, -0.25) is 14.5 Å². The van der Waals surface area contributed by atoms with Gasteiger partial charge in [-0.25, -0.2) is 0 Å². The third kappa shape index (κ3) is 4.81. The van der Waals surface area contributed by atoms with Crippen molar-refractivity contribution in [2.75, 3.05) is 44.3 Å². The van der Waals surface area contributed by atoms with Gasteiger partial charge in [-0.15, -0.1) is 0 Å². The highest BCUT2D eigenvalue weighted by Crippen LogP contribution is 2.31. The topological polar surface area (TPSA) is 61.9 Å². The van der Waals surface area contributed by atoms with Crippen molar-refractivity contribution in [3.63, 3.8) is 0 Å². The molecule has 0 saturated carbocycles. The molecular weight excluding hydrogens is 366 g/mol. The zero-order chi connectivity index (χ0) is 19.4. The number of anilines is 1. The van der Waals surface area contributed by atoms with Gasteiger partial charge in [0.1, 0.15) is 0 Å². The summed E-state index contributed by atoms with van der Waals surface area (Å²) in [5, 5.41) is 3.60. The number of hydrogen-bond donors (Lipinski definition) is 1. The molecule has 2 aliphatic rings. The van der Waals surface area contributed by atoms with Gasteiger partial charge in [0, 0.05) is 38.6 Å². The fourth-order valence-electron chi connectivity index (χ4n) is 3.83. The summed E-state index contributed by atoms with van der Waals surface area (Å²) < 4.78 is 5.43. The van der Waals surface area contributed by atoms with Crippen molar-refractivity contribution in [3.8, 4) is 0 Å². The van der Waals surface area contributed by atoms with E-state index in [1.807, 2.05) is 18.2 Å². The Bertz CT molecular complexity index is 676. The molecule has 0 radical (unpaired) electrons. The van der Waals surface area contributed by atoms with Crippen LogP contribution in [0.3, 0.4) is 0 Å². The number of carbonyl (C=O) groups is 2. The normalized spacial score (nSPS) is 22.3. The first kappa shape index (κ1) is 20.1. The van der Waals surface area contributed by atoms with Crippen molar-refractivity contribution < 1.29 is 14.3 Å². The fourth-order valence-corrected chi connectivity index (χ4v) is 4.07. The summed E-state index contributed by atoms with van der Waals surface area (Å²) in [7, 11) is 0. The lowest BCUT2D eigenvalue weighted by atomic mass is 10.0. The SMILES string of the molecule is CC(C)C(CNC(=O)C1CC(=O)N(c2ccccc2Cl)C1)N1CCOCC1. The standard InChI is InChI=1S/C20H28ClN3O3/c1-14(2)18(23-7-9-27-10-8-23)12-22-20(26)15-11-19(25)24(13-15)17-6-4-3-5-16(17)21/h3-6,14-15,18H,7-13H2,1-2H3,(H,22,26). The maximum absolute atomic E-state index is 12.7. The number of amides is 2. The second-order valence-corrected chi connectivity index (χ2v) is 7.97. The fraction of sp³-hybridized carbons (Fsp3) is 0.600. The number of ether oxygens (including phenoxy) is 1. The predicted octanol–water partition coefficient (Wildman–Crippen LogP) is 2.17. The van der Waals surface area contributed by atoms with Gasteiger partial charge in [0.15, 0.2) is 0 Å². The molecule has 3 rings (SSSR count). The van der Waals surface area contributed by atoms with Crippen LogP contribution in [-0.2, 0) is 14.3 Å². The van der Waals surface area contributed by atoms with Crippen LogP contribution in [0.4, 0.5) is 5.69 Å². The van der Waals surface area contributed by atoms with Crippen LogP contribution in [0, 0.1) is 11.8 Å². The van der Waals surface area contributed by atoms with Gasteiger partial charge in [0.05, 0.1) is 29.8 Å². The summed E-state index contributed by atoms with van der Waals surface area (Å²) in [5.74, 6) is -0.0341. The van der Waals surface area contributed by atoms with Crippen molar-refractivity contribution in [2.45, 2.75) is 26.3 Å². The molecule has 0 aliphatic carbocycles. The minimum absolute atomic E-state index is 0.0585. The first-order chi connectivity index (χ1) is 13.0. The van der Waals surface area contributed by atoms with Gasteiger partial charge in [-0.1, -0.05) is 37.6 Å². The van der Waals surface area contributed by atoms with E-state index in [0.717, 1.165) is 26.3 Å². The van der Waals surface area contributed by atoms with Gasteiger partial charge in [0.25, 0.3) is 0 Å². The maximum Gasteiger partial charge on any atom is 0.227 e. The van der Waals surface area contributed by atoms with Crippen LogP contribution in [0.25, 0.3) is 0 Å². The first-order valence-electron chi connectivity index (χ1n) is 9.61. The Hall–Kier alpha value is -1.63. The molecule has 1 aromatic carbocycles. The van der Waals surface area contributed by atoms with Crippen LogP contribution < -0.4 is 10.2 Å². The van der Waals surface area contributed by atoms with E-state index in [2.05, 4.69) is 24.1 Å². The monoisotopic (exact) mass is 393 g/mol. The molecule has 2 aliphatic heterocycles. The molecule has 2 unspecified atom stereocenters. The van der Waals surface area contributed by atoms with Gasteiger partial charge in [-0.2, -0.15) is 0 Å². The van der Waals surface area contributed by atoms with Crippen molar-refractivity contribution in [1.82, 2.24) is 10.2 Å². The van der Waals surface area contributed by atoms with Crippen molar-refractivity contribution in [2.24, 2.45) is 11.8 Å². The average Bonchev–Trinajstić information content (AvgIpc) is 3.04. The summed E-state index contributed by atoms with van der Waals surface area (Å²) in [6, 6.07) is 7.52. The van der Waals surface area contributed by atoms with Crippen molar-refractivity contribution >= 4 is 29.1 Å². The van der Waals surface area contributed by atoms with E-state index in [-0.39, 0.29) is 30.2 Å². The van der Waals surface area contributed by atoms with E-state index in [1.54, 1.807) is 11.0 Å². The molecule has 1 N–H and O–H groups in total. The Morgan fingerprint density at radius 3 is 2.67 bits per heavy atom. The Morgan fingerprint density at radius 2 is 2.00 bits per heavy atom. The number of nitrogens with zero attached hydrogens (tertiary/aromatic N) is 2. The van der Waals surface area contributed by atoms with Crippen LogP contribution in [-0.4, -0.2) is 62.1 Å². The molecule has 2 saturated heterocycles. The number of morpholine rings is 1. The van der Waals surface area contributed by atoms with E-state index in [9.17, 15) is 9.59 Å². The van der Waals surface area contributed by atoms with Crippen LogP contribution in [0.15, 0.2) is 24.3 Å². The third-order valence-electron chi connectivity index (χ3n) is 5.41. The molecule has 0 spiro atoms. The number of benzene rings is 1. The molecule has 148 valence electrons. The molecule has 0 aromatic heterocycles. The number of nitrogens with one attached hydrogen (secondary N) is 1. The van der Waals surface area contributed by atoms with Gasteiger partial charge in [0.2, 0.25) is 11.8 Å². The Labute approximate surface area is 165 Å². The first-order valence-corrected chi connectivity index (χ1v) is 9.99. The van der Waals surface area contributed by atoms with Crippen molar-refractivity contribution in [1.29, 1.82) is 0 Å². The zero-order valence-corrected chi connectivity index (χ0v) is 16.7. The summed E-state index contributed by atoms with van der Waals surface area (Å²) in [4.78, 5) is 29.1. The molecule has 2 fully saturated rings. The largest absolute Gasteiger partial charge is 0.379 e. The Balaban J connectivity index is 1.58. The van der Waals surface area contributed by atoms with Gasteiger partial charge in [-0.05, 0) is 18.1 Å². The summed E-state index contributed by atoms with van der Waals surface area (Å²) in [5.41, 5.74) is 0.674. The lowest BCUT2D eigenvalue weighted by Gasteiger charge is -2.37. The smallest absolute Gasteiger partial charge is 0.227 e. The van der Waals surface area contributed by atoms with Crippen LogP contribution in [0.2, 0.25) is 5.02 Å². The molecule has 2 heterocycles. The van der Waals surface area contributed by atoms with Gasteiger partial charge < -0.3 is 15.0 Å². The molecule has 7 heteroatoms. The second kappa shape index (κ2) is 9.04. The van der Waals surface area contributed by atoms with Crippen LogP contribution in [0.1, 0.15) is 20.3 Å².